The lowest BCUT2D eigenvalue weighted by atomic mass is 9.77. The SMILES string of the molecule is CCN(C[C@@H]1N[C@H](CO)[C@@H]1c1ccc(C2=CCCC2)cc1)C(=O)c1ccccc1. The van der Waals surface area contributed by atoms with Crippen LogP contribution in [0.5, 0.6) is 0 Å². The molecule has 3 atom stereocenters. The van der Waals surface area contributed by atoms with E-state index >= 15 is 0 Å². The molecular formula is C25H30N2O2. The molecule has 1 amide bonds. The first-order valence-corrected chi connectivity index (χ1v) is 10.7. The van der Waals surface area contributed by atoms with Crippen molar-refractivity contribution in [2.45, 2.75) is 44.2 Å². The van der Waals surface area contributed by atoms with Gasteiger partial charge in [0.15, 0.2) is 0 Å². The van der Waals surface area contributed by atoms with Crippen LogP contribution < -0.4 is 5.32 Å². The summed E-state index contributed by atoms with van der Waals surface area (Å²) in [6.07, 6.45) is 5.94. The molecule has 0 bridgehead atoms. The Morgan fingerprint density at radius 3 is 2.48 bits per heavy atom. The van der Waals surface area contributed by atoms with Gasteiger partial charge in [0.2, 0.25) is 0 Å². The summed E-state index contributed by atoms with van der Waals surface area (Å²) in [6.45, 7) is 3.42. The second-order valence-corrected chi connectivity index (χ2v) is 8.04. The lowest BCUT2D eigenvalue weighted by Crippen LogP contribution is -2.65. The number of nitrogens with one attached hydrogen (secondary N) is 1. The van der Waals surface area contributed by atoms with Crippen molar-refractivity contribution in [1.29, 1.82) is 0 Å². The summed E-state index contributed by atoms with van der Waals surface area (Å²) in [4.78, 5) is 14.8. The van der Waals surface area contributed by atoms with Crippen LogP contribution >= 0.6 is 0 Å². The fourth-order valence-electron chi connectivity index (χ4n) is 4.65. The van der Waals surface area contributed by atoms with Crippen LogP contribution in [0, 0.1) is 0 Å². The van der Waals surface area contributed by atoms with Crippen LogP contribution in [-0.4, -0.2) is 47.7 Å². The molecule has 0 aromatic heterocycles. The smallest absolute Gasteiger partial charge is 0.253 e. The molecule has 4 nitrogen and oxygen atoms in total. The van der Waals surface area contributed by atoms with E-state index in [9.17, 15) is 9.90 Å². The van der Waals surface area contributed by atoms with Crippen LogP contribution in [0.2, 0.25) is 0 Å². The highest BCUT2D eigenvalue weighted by Crippen LogP contribution is 2.34. The number of rotatable bonds is 7. The lowest BCUT2D eigenvalue weighted by molar-refractivity contribution is 0.0641. The molecule has 2 aromatic rings. The molecule has 0 radical (unpaired) electrons. The van der Waals surface area contributed by atoms with E-state index in [0.717, 1.165) is 5.56 Å². The maximum atomic E-state index is 12.9. The quantitative estimate of drug-likeness (QED) is 0.755. The molecule has 1 fully saturated rings. The number of amides is 1. The summed E-state index contributed by atoms with van der Waals surface area (Å²) in [7, 11) is 0. The number of hydrogen-bond donors (Lipinski definition) is 2. The minimum atomic E-state index is 0.0436. The number of allylic oxidation sites excluding steroid dienone is 2. The number of hydrogen-bond acceptors (Lipinski definition) is 3. The van der Waals surface area contributed by atoms with Crippen molar-refractivity contribution in [2.24, 2.45) is 0 Å². The second-order valence-electron chi connectivity index (χ2n) is 8.04. The average molecular weight is 391 g/mol. The van der Waals surface area contributed by atoms with E-state index in [4.69, 9.17) is 0 Å². The fraction of sp³-hybridized carbons (Fsp3) is 0.400. The largest absolute Gasteiger partial charge is 0.395 e. The molecule has 1 aliphatic heterocycles. The normalized spacial score (nSPS) is 23.4. The predicted molar refractivity (Wildman–Crippen MR) is 117 cm³/mol. The van der Waals surface area contributed by atoms with Gasteiger partial charge in [-0.2, -0.15) is 0 Å². The Bertz CT molecular complexity index is 860. The van der Waals surface area contributed by atoms with E-state index < -0.39 is 0 Å². The summed E-state index contributed by atoms with van der Waals surface area (Å²) in [5, 5.41) is 13.3. The standard InChI is InChI=1S/C25H30N2O2/c1-2-27(25(29)21-10-4-3-5-11-21)16-22-24(23(17-28)26-22)20-14-12-19(13-15-20)18-8-6-7-9-18/h3-5,8,10-15,22-24,26,28H,2,6-7,9,16-17H2,1H3/t22-,23+,24+/m0/s1. The second kappa shape index (κ2) is 8.93. The van der Waals surface area contributed by atoms with Gasteiger partial charge < -0.3 is 15.3 Å². The molecule has 2 N–H and O–H groups in total. The third-order valence-corrected chi connectivity index (χ3v) is 6.31. The molecule has 152 valence electrons. The highest BCUT2D eigenvalue weighted by Gasteiger charge is 2.42. The van der Waals surface area contributed by atoms with E-state index in [1.54, 1.807) is 0 Å². The monoisotopic (exact) mass is 390 g/mol. The van der Waals surface area contributed by atoms with Gasteiger partial charge in [0.05, 0.1) is 6.61 Å². The van der Waals surface area contributed by atoms with Gasteiger partial charge in [0.1, 0.15) is 0 Å². The molecule has 0 spiro atoms. The molecule has 29 heavy (non-hydrogen) atoms. The third kappa shape index (κ3) is 4.14. The molecule has 2 aromatic carbocycles. The molecule has 2 aliphatic rings. The summed E-state index contributed by atoms with van der Waals surface area (Å²) < 4.78 is 0. The van der Waals surface area contributed by atoms with Crippen LogP contribution in [0.4, 0.5) is 0 Å². The molecule has 4 rings (SSSR count). The van der Waals surface area contributed by atoms with Crippen LogP contribution in [0.15, 0.2) is 60.7 Å². The van der Waals surface area contributed by atoms with Gasteiger partial charge in [0, 0.05) is 36.7 Å². The molecule has 1 aliphatic carbocycles. The van der Waals surface area contributed by atoms with Gasteiger partial charge in [-0.1, -0.05) is 48.5 Å². The maximum Gasteiger partial charge on any atom is 0.253 e. The molecule has 1 saturated heterocycles. The average Bonchev–Trinajstić information content (AvgIpc) is 3.29. The third-order valence-electron chi connectivity index (χ3n) is 6.31. The Morgan fingerprint density at radius 2 is 1.86 bits per heavy atom. The molecule has 4 heteroatoms. The number of aliphatic hydroxyl groups excluding tert-OH is 1. The molecular weight excluding hydrogens is 360 g/mol. The first-order chi connectivity index (χ1) is 14.2. The first kappa shape index (κ1) is 19.9. The van der Waals surface area contributed by atoms with Crippen molar-refractivity contribution in [1.82, 2.24) is 10.2 Å². The van der Waals surface area contributed by atoms with Gasteiger partial charge in [-0.25, -0.2) is 0 Å². The van der Waals surface area contributed by atoms with Crippen molar-refractivity contribution in [3.05, 3.63) is 77.4 Å². The Morgan fingerprint density at radius 1 is 1.10 bits per heavy atom. The fourth-order valence-corrected chi connectivity index (χ4v) is 4.65. The van der Waals surface area contributed by atoms with Crippen LogP contribution in [0.1, 0.15) is 53.6 Å². The first-order valence-electron chi connectivity index (χ1n) is 10.7. The number of aliphatic hydroxyl groups is 1. The number of nitrogens with zero attached hydrogens (tertiary/aromatic N) is 1. The number of benzene rings is 2. The molecule has 0 unspecified atom stereocenters. The van der Waals surface area contributed by atoms with Crippen LogP contribution in [0.25, 0.3) is 5.57 Å². The van der Waals surface area contributed by atoms with E-state index in [0.29, 0.717) is 13.1 Å². The van der Waals surface area contributed by atoms with Crippen molar-refractivity contribution in [2.75, 3.05) is 19.7 Å². The van der Waals surface area contributed by atoms with Gasteiger partial charge >= 0.3 is 0 Å². The minimum absolute atomic E-state index is 0.0436. The van der Waals surface area contributed by atoms with Gasteiger partial charge in [0.25, 0.3) is 5.91 Å². The Balaban J connectivity index is 1.48. The highest BCUT2D eigenvalue weighted by atomic mass is 16.3. The summed E-state index contributed by atoms with van der Waals surface area (Å²) in [6, 6.07) is 18.5. The highest BCUT2D eigenvalue weighted by molar-refractivity contribution is 5.94. The van der Waals surface area contributed by atoms with Crippen molar-refractivity contribution < 1.29 is 9.90 Å². The van der Waals surface area contributed by atoms with E-state index in [1.165, 1.54) is 36.0 Å². The van der Waals surface area contributed by atoms with E-state index in [-0.39, 0.29) is 30.5 Å². The summed E-state index contributed by atoms with van der Waals surface area (Å²) in [5.41, 5.74) is 4.71. The van der Waals surface area contributed by atoms with Gasteiger partial charge in [-0.05, 0) is 55.0 Å². The Hall–Kier alpha value is -2.43. The zero-order valence-corrected chi connectivity index (χ0v) is 17.1. The minimum Gasteiger partial charge on any atom is -0.395 e. The molecule has 0 saturated carbocycles. The molecule has 1 heterocycles. The van der Waals surface area contributed by atoms with Crippen molar-refractivity contribution >= 4 is 11.5 Å². The van der Waals surface area contributed by atoms with Gasteiger partial charge in [-0.3, -0.25) is 4.79 Å². The Kier molecular flexibility index (Phi) is 6.12. The van der Waals surface area contributed by atoms with Crippen LogP contribution in [-0.2, 0) is 0 Å². The summed E-state index contributed by atoms with van der Waals surface area (Å²) >= 11 is 0. The van der Waals surface area contributed by atoms with Crippen LogP contribution in [0.3, 0.4) is 0 Å². The maximum absolute atomic E-state index is 12.9. The zero-order valence-electron chi connectivity index (χ0n) is 17.1. The number of carbonyl (C=O) groups is 1. The summed E-state index contributed by atoms with van der Waals surface area (Å²) in [5.74, 6) is 0.272. The zero-order chi connectivity index (χ0) is 20.2. The van der Waals surface area contributed by atoms with E-state index in [2.05, 4.69) is 35.7 Å². The Labute approximate surface area is 173 Å². The number of carbonyl (C=O) groups excluding carboxylic acids is 1. The van der Waals surface area contributed by atoms with Gasteiger partial charge in [-0.15, -0.1) is 0 Å². The van der Waals surface area contributed by atoms with E-state index in [1.807, 2.05) is 42.2 Å². The number of likely N-dealkylation sites (N-methyl/N-ethyl adjacent to an activating group) is 1. The predicted octanol–water partition coefficient (Wildman–Crippen LogP) is 3.83. The van der Waals surface area contributed by atoms with Crippen molar-refractivity contribution in [3.63, 3.8) is 0 Å². The topological polar surface area (TPSA) is 52.6 Å². The van der Waals surface area contributed by atoms with Crippen molar-refractivity contribution in [3.8, 4) is 0 Å². The lowest BCUT2D eigenvalue weighted by Gasteiger charge is -2.47.